The summed E-state index contributed by atoms with van der Waals surface area (Å²) >= 11 is 0. The molecule has 0 bridgehead atoms. The zero-order valence-electron chi connectivity index (χ0n) is 13.8. The number of nitrogens with one attached hydrogen (secondary N) is 3. The van der Waals surface area contributed by atoms with Crippen molar-refractivity contribution >= 4 is 6.03 Å². The van der Waals surface area contributed by atoms with E-state index in [1.807, 2.05) is 23.2 Å². The van der Waals surface area contributed by atoms with Gasteiger partial charge in [0.25, 0.3) is 0 Å². The summed E-state index contributed by atoms with van der Waals surface area (Å²) in [6.45, 7) is 2.51. The number of carbonyl (C=O) groups excluding carboxylic acids is 1. The summed E-state index contributed by atoms with van der Waals surface area (Å²) in [4.78, 5) is 20.0. The maximum atomic E-state index is 12.0. The molecule has 7 heteroatoms. The van der Waals surface area contributed by atoms with Crippen LogP contribution in [0.3, 0.4) is 0 Å². The maximum absolute atomic E-state index is 12.0. The van der Waals surface area contributed by atoms with Gasteiger partial charge in [-0.2, -0.15) is 0 Å². The fraction of sp³-hybridized carbons (Fsp3) is 0.625. The molecule has 3 heterocycles. The Balaban J connectivity index is 1.53. The zero-order chi connectivity index (χ0) is 16.2. The van der Waals surface area contributed by atoms with E-state index in [0.29, 0.717) is 12.1 Å². The van der Waals surface area contributed by atoms with Crippen LogP contribution in [0, 0.1) is 0 Å². The van der Waals surface area contributed by atoms with Crippen LogP contribution in [0.5, 0.6) is 0 Å². The molecule has 2 atom stereocenters. The second kappa shape index (κ2) is 7.25. The van der Waals surface area contributed by atoms with Crippen molar-refractivity contribution in [1.82, 2.24) is 31.0 Å². The molecular formula is C16H26N6O. The fourth-order valence-electron chi connectivity index (χ4n) is 3.32. The number of hydrogen-bond acceptors (Lipinski definition) is 5. The number of hydrogen-bond donors (Lipinski definition) is 3. The molecule has 2 aliphatic rings. The lowest BCUT2D eigenvalue weighted by Crippen LogP contribution is -2.51. The van der Waals surface area contributed by atoms with Gasteiger partial charge in [0.15, 0.2) is 0 Å². The number of likely N-dealkylation sites (tertiary alicyclic amines) is 1. The normalized spacial score (nSPS) is 25.6. The van der Waals surface area contributed by atoms with E-state index < -0.39 is 0 Å². The van der Waals surface area contributed by atoms with Gasteiger partial charge in [0.1, 0.15) is 0 Å². The molecule has 0 aromatic carbocycles. The highest BCUT2D eigenvalue weighted by Crippen LogP contribution is 2.20. The van der Waals surface area contributed by atoms with Crippen LogP contribution in [0.25, 0.3) is 0 Å². The molecule has 3 rings (SSSR count). The molecule has 2 amide bonds. The minimum atomic E-state index is 0.110. The Kier molecular flexibility index (Phi) is 5.09. The molecule has 3 N–H and O–H groups in total. The van der Waals surface area contributed by atoms with Crippen molar-refractivity contribution in [3.05, 3.63) is 30.1 Å². The first kappa shape index (κ1) is 16.2. The van der Waals surface area contributed by atoms with Gasteiger partial charge < -0.3 is 15.1 Å². The number of nitrogens with zero attached hydrogens (tertiary/aromatic N) is 3. The highest BCUT2D eigenvalue weighted by atomic mass is 16.2. The van der Waals surface area contributed by atoms with E-state index in [1.54, 1.807) is 19.0 Å². The highest BCUT2D eigenvalue weighted by molar-refractivity contribution is 5.73. The number of amides is 2. The van der Waals surface area contributed by atoms with E-state index in [2.05, 4.69) is 27.2 Å². The van der Waals surface area contributed by atoms with Gasteiger partial charge >= 0.3 is 6.03 Å². The molecule has 7 nitrogen and oxygen atoms in total. The van der Waals surface area contributed by atoms with Gasteiger partial charge in [-0.1, -0.05) is 6.07 Å². The van der Waals surface area contributed by atoms with Gasteiger partial charge in [0, 0.05) is 52.0 Å². The molecule has 2 unspecified atom stereocenters. The lowest BCUT2D eigenvalue weighted by molar-refractivity contribution is 0.150. The first-order chi connectivity index (χ1) is 11.1. The standard InChI is InChI=1S/C16H26N6O/c1-21(2)16(23)22-9-6-12(7-10-22)19-14-11-18-20-15(14)13-5-3-4-8-17-13/h3-5,8,12,14-15,18-20H,6-7,9-11H2,1-2H3. The summed E-state index contributed by atoms with van der Waals surface area (Å²) in [6, 6.07) is 7.05. The average molecular weight is 318 g/mol. The van der Waals surface area contributed by atoms with Crippen LogP contribution < -0.4 is 16.2 Å². The van der Waals surface area contributed by atoms with Crippen LogP contribution in [0.2, 0.25) is 0 Å². The molecule has 0 aliphatic carbocycles. The van der Waals surface area contributed by atoms with Crippen molar-refractivity contribution in [3.63, 3.8) is 0 Å². The number of urea groups is 1. The Morgan fingerprint density at radius 2 is 2.13 bits per heavy atom. The predicted molar refractivity (Wildman–Crippen MR) is 88.7 cm³/mol. The molecular weight excluding hydrogens is 292 g/mol. The van der Waals surface area contributed by atoms with Gasteiger partial charge in [-0.25, -0.2) is 10.2 Å². The Hall–Kier alpha value is -1.70. The topological polar surface area (TPSA) is 72.5 Å². The van der Waals surface area contributed by atoms with Crippen LogP contribution in [0.4, 0.5) is 4.79 Å². The molecule has 2 fully saturated rings. The molecule has 0 saturated carbocycles. The third-order valence-electron chi connectivity index (χ3n) is 4.59. The zero-order valence-corrected chi connectivity index (χ0v) is 13.8. The van der Waals surface area contributed by atoms with Gasteiger partial charge in [-0.05, 0) is 25.0 Å². The summed E-state index contributed by atoms with van der Waals surface area (Å²) in [5.74, 6) is 0. The first-order valence-electron chi connectivity index (χ1n) is 8.27. The van der Waals surface area contributed by atoms with Gasteiger partial charge in [0.05, 0.1) is 11.7 Å². The van der Waals surface area contributed by atoms with E-state index in [4.69, 9.17) is 0 Å². The second-order valence-electron chi connectivity index (χ2n) is 6.47. The van der Waals surface area contributed by atoms with Crippen molar-refractivity contribution < 1.29 is 4.79 Å². The largest absolute Gasteiger partial charge is 0.331 e. The number of pyridine rings is 1. The number of aromatic nitrogens is 1. The quantitative estimate of drug-likeness (QED) is 0.749. The summed E-state index contributed by atoms with van der Waals surface area (Å²) in [5.41, 5.74) is 7.59. The van der Waals surface area contributed by atoms with Crippen LogP contribution in [-0.4, -0.2) is 66.6 Å². The van der Waals surface area contributed by atoms with E-state index in [9.17, 15) is 4.79 Å². The summed E-state index contributed by atoms with van der Waals surface area (Å²) in [6.07, 6.45) is 3.81. The van der Waals surface area contributed by atoms with E-state index in [0.717, 1.165) is 38.2 Å². The number of carbonyl (C=O) groups is 1. The number of rotatable bonds is 3. The Morgan fingerprint density at radius 1 is 1.35 bits per heavy atom. The van der Waals surface area contributed by atoms with E-state index in [1.165, 1.54) is 0 Å². The lowest BCUT2D eigenvalue weighted by Gasteiger charge is -2.35. The summed E-state index contributed by atoms with van der Waals surface area (Å²) in [5, 5.41) is 3.74. The Labute approximate surface area is 137 Å². The SMILES string of the molecule is CN(C)C(=O)N1CCC(NC2CNNC2c2ccccn2)CC1. The number of piperidine rings is 1. The van der Waals surface area contributed by atoms with E-state index in [-0.39, 0.29) is 12.1 Å². The Bertz CT molecular complexity index is 515. The summed E-state index contributed by atoms with van der Waals surface area (Å²) in [7, 11) is 3.61. The predicted octanol–water partition coefficient (Wildman–Crippen LogP) is 0.335. The van der Waals surface area contributed by atoms with Crippen molar-refractivity contribution in [2.45, 2.75) is 31.0 Å². The van der Waals surface area contributed by atoms with Crippen molar-refractivity contribution in [1.29, 1.82) is 0 Å². The van der Waals surface area contributed by atoms with Crippen molar-refractivity contribution in [3.8, 4) is 0 Å². The smallest absolute Gasteiger partial charge is 0.319 e. The lowest BCUT2D eigenvalue weighted by atomic mass is 10.0. The van der Waals surface area contributed by atoms with Crippen LogP contribution in [0.15, 0.2) is 24.4 Å². The maximum Gasteiger partial charge on any atom is 0.319 e. The van der Waals surface area contributed by atoms with Gasteiger partial charge in [-0.3, -0.25) is 10.4 Å². The molecule has 2 saturated heterocycles. The average Bonchev–Trinajstić information content (AvgIpc) is 3.04. The second-order valence-corrected chi connectivity index (χ2v) is 6.47. The third kappa shape index (κ3) is 3.80. The third-order valence-corrected chi connectivity index (χ3v) is 4.59. The fourth-order valence-corrected chi connectivity index (χ4v) is 3.32. The van der Waals surface area contributed by atoms with Crippen molar-refractivity contribution in [2.75, 3.05) is 33.7 Å². The molecule has 126 valence electrons. The minimum Gasteiger partial charge on any atom is -0.331 e. The van der Waals surface area contributed by atoms with Crippen LogP contribution >= 0.6 is 0 Å². The van der Waals surface area contributed by atoms with Gasteiger partial charge in [0.2, 0.25) is 0 Å². The van der Waals surface area contributed by atoms with E-state index >= 15 is 0 Å². The number of hydrazine groups is 1. The molecule has 2 aliphatic heterocycles. The Morgan fingerprint density at radius 3 is 2.78 bits per heavy atom. The molecule has 1 aromatic heterocycles. The first-order valence-corrected chi connectivity index (χ1v) is 8.27. The molecule has 0 spiro atoms. The minimum absolute atomic E-state index is 0.110. The van der Waals surface area contributed by atoms with Crippen LogP contribution in [-0.2, 0) is 0 Å². The molecule has 1 aromatic rings. The highest BCUT2D eigenvalue weighted by Gasteiger charge is 2.32. The van der Waals surface area contributed by atoms with Crippen LogP contribution in [0.1, 0.15) is 24.6 Å². The monoisotopic (exact) mass is 318 g/mol. The van der Waals surface area contributed by atoms with Crippen molar-refractivity contribution in [2.24, 2.45) is 0 Å². The molecule has 0 radical (unpaired) electrons. The van der Waals surface area contributed by atoms with Gasteiger partial charge in [-0.15, -0.1) is 0 Å². The molecule has 23 heavy (non-hydrogen) atoms. The summed E-state index contributed by atoms with van der Waals surface area (Å²) < 4.78 is 0.